The minimum absolute atomic E-state index is 0.275. The van der Waals surface area contributed by atoms with Gasteiger partial charge in [0.2, 0.25) is 0 Å². The molecule has 0 aliphatic heterocycles. The molecule has 3 N–H and O–H groups in total. The van der Waals surface area contributed by atoms with Crippen LogP contribution in [0.2, 0.25) is 0 Å². The van der Waals surface area contributed by atoms with Gasteiger partial charge in [-0.25, -0.2) is 9.37 Å². The standard InChI is InChI=1S/C18H13FN4/c19-13-8-6-11(7-9-13)14-10-15(12-4-2-1-3-5-12)21-18-16(14)17(20)22-23-18/h1-10H,(H3,20,21,22,23). The number of halogens is 1. The molecule has 112 valence electrons. The van der Waals surface area contributed by atoms with Crippen molar-refractivity contribution >= 4 is 16.9 Å². The van der Waals surface area contributed by atoms with E-state index in [-0.39, 0.29) is 5.82 Å². The largest absolute Gasteiger partial charge is 0.383 e. The molecule has 0 unspecified atom stereocenters. The lowest BCUT2D eigenvalue weighted by atomic mass is 10.0. The molecule has 0 atom stereocenters. The van der Waals surface area contributed by atoms with Gasteiger partial charge in [-0.2, -0.15) is 5.10 Å². The number of nitrogens with two attached hydrogens (primary N) is 1. The Balaban J connectivity index is 2.01. The summed E-state index contributed by atoms with van der Waals surface area (Å²) in [6, 6.07) is 18.1. The zero-order valence-corrected chi connectivity index (χ0v) is 12.1. The molecule has 23 heavy (non-hydrogen) atoms. The summed E-state index contributed by atoms with van der Waals surface area (Å²) in [6.07, 6.45) is 0. The van der Waals surface area contributed by atoms with Crippen molar-refractivity contribution < 1.29 is 4.39 Å². The van der Waals surface area contributed by atoms with Crippen molar-refractivity contribution in [2.45, 2.75) is 0 Å². The van der Waals surface area contributed by atoms with Gasteiger partial charge < -0.3 is 5.73 Å². The third-order valence-electron chi connectivity index (χ3n) is 3.78. The summed E-state index contributed by atoms with van der Waals surface area (Å²) in [4.78, 5) is 4.57. The van der Waals surface area contributed by atoms with Crippen molar-refractivity contribution in [1.82, 2.24) is 15.2 Å². The number of H-pyrrole nitrogens is 1. The Labute approximate surface area is 131 Å². The predicted molar refractivity (Wildman–Crippen MR) is 89.1 cm³/mol. The molecule has 0 radical (unpaired) electrons. The summed E-state index contributed by atoms with van der Waals surface area (Å²) in [7, 11) is 0. The van der Waals surface area contributed by atoms with Crippen LogP contribution in [0.4, 0.5) is 10.2 Å². The number of hydrogen-bond donors (Lipinski definition) is 2. The number of benzene rings is 2. The molecule has 0 aliphatic carbocycles. The smallest absolute Gasteiger partial charge is 0.184 e. The van der Waals surface area contributed by atoms with E-state index in [0.717, 1.165) is 27.8 Å². The van der Waals surface area contributed by atoms with E-state index in [1.54, 1.807) is 12.1 Å². The monoisotopic (exact) mass is 304 g/mol. The van der Waals surface area contributed by atoms with Crippen molar-refractivity contribution in [1.29, 1.82) is 0 Å². The maximum absolute atomic E-state index is 13.2. The van der Waals surface area contributed by atoms with Crippen LogP contribution in [0.25, 0.3) is 33.4 Å². The molecule has 2 aromatic carbocycles. The maximum atomic E-state index is 13.2. The highest BCUT2D eigenvalue weighted by molar-refractivity contribution is 6.01. The molecule has 0 saturated carbocycles. The molecule has 4 rings (SSSR count). The van der Waals surface area contributed by atoms with E-state index in [9.17, 15) is 4.39 Å². The SMILES string of the molecule is Nc1[nH]nc2nc(-c3ccccc3)cc(-c3ccc(F)cc3)c12. The fourth-order valence-corrected chi connectivity index (χ4v) is 2.66. The second kappa shape index (κ2) is 5.21. The highest BCUT2D eigenvalue weighted by Gasteiger charge is 2.14. The van der Waals surface area contributed by atoms with Crippen molar-refractivity contribution in [2.24, 2.45) is 0 Å². The van der Waals surface area contributed by atoms with E-state index in [4.69, 9.17) is 5.73 Å². The van der Waals surface area contributed by atoms with Gasteiger partial charge in [-0.3, -0.25) is 5.10 Å². The van der Waals surface area contributed by atoms with Gasteiger partial charge in [-0.15, -0.1) is 0 Å². The van der Waals surface area contributed by atoms with E-state index < -0.39 is 0 Å². The quantitative estimate of drug-likeness (QED) is 0.588. The number of nitrogen functional groups attached to an aromatic ring is 1. The second-order valence-corrected chi connectivity index (χ2v) is 5.26. The third kappa shape index (κ3) is 2.32. The molecule has 0 aliphatic rings. The molecule has 0 saturated heterocycles. The Kier molecular flexibility index (Phi) is 3.05. The number of anilines is 1. The Morgan fingerprint density at radius 2 is 1.65 bits per heavy atom. The average Bonchev–Trinajstić information content (AvgIpc) is 2.97. The van der Waals surface area contributed by atoms with Crippen LogP contribution in [0.15, 0.2) is 60.7 Å². The van der Waals surface area contributed by atoms with Crippen molar-refractivity contribution in [2.75, 3.05) is 5.73 Å². The molecule has 2 aromatic heterocycles. The fraction of sp³-hybridized carbons (Fsp3) is 0. The van der Waals surface area contributed by atoms with Crippen LogP contribution in [-0.4, -0.2) is 15.2 Å². The molecule has 4 aromatic rings. The zero-order valence-electron chi connectivity index (χ0n) is 12.1. The van der Waals surface area contributed by atoms with Crippen LogP contribution in [0.5, 0.6) is 0 Å². The van der Waals surface area contributed by atoms with E-state index in [1.807, 2.05) is 36.4 Å². The third-order valence-corrected chi connectivity index (χ3v) is 3.78. The lowest BCUT2D eigenvalue weighted by Gasteiger charge is -2.08. The maximum Gasteiger partial charge on any atom is 0.184 e. The number of hydrogen-bond acceptors (Lipinski definition) is 3. The lowest BCUT2D eigenvalue weighted by molar-refractivity contribution is 0.628. The highest BCUT2D eigenvalue weighted by atomic mass is 19.1. The van der Waals surface area contributed by atoms with Crippen LogP contribution in [0.3, 0.4) is 0 Å². The average molecular weight is 304 g/mol. The summed E-state index contributed by atoms with van der Waals surface area (Å²) in [5.74, 6) is 0.175. The normalized spacial score (nSPS) is 11.0. The molecule has 0 bridgehead atoms. The van der Waals surface area contributed by atoms with Crippen molar-refractivity contribution in [3.63, 3.8) is 0 Å². The number of rotatable bonds is 2. The fourth-order valence-electron chi connectivity index (χ4n) is 2.66. The van der Waals surface area contributed by atoms with Gasteiger partial charge in [-0.05, 0) is 29.3 Å². The number of nitrogens with one attached hydrogen (secondary N) is 1. The summed E-state index contributed by atoms with van der Waals surface area (Å²) in [5.41, 5.74) is 10.1. The predicted octanol–water partition coefficient (Wildman–Crippen LogP) is 4.01. The Morgan fingerprint density at radius 1 is 0.913 bits per heavy atom. The summed E-state index contributed by atoms with van der Waals surface area (Å²) in [5, 5.41) is 7.69. The Morgan fingerprint density at radius 3 is 2.39 bits per heavy atom. The van der Waals surface area contributed by atoms with Gasteiger partial charge in [0.1, 0.15) is 11.6 Å². The van der Waals surface area contributed by atoms with E-state index in [1.165, 1.54) is 12.1 Å². The number of pyridine rings is 1. The number of fused-ring (bicyclic) bond motifs is 1. The van der Waals surface area contributed by atoms with Gasteiger partial charge in [0.25, 0.3) is 0 Å². The minimum atomic E-state index is -0.275. The molecule has 2 heterocycles. The van der Waals surface area contributed by atoms with Gasteiger partial charge in [0.15, 0.2) is 5.65 Å². The van der Waals surface area contributed by atoms with Gasteiger partial charge in [0.05, 0.1) is 11.1 Å². The second-order valence-electron chi connectivity index (χ2n) is 5.26. The van der Waals surface area contributed by atoms with Gasteiger partial charge in [0, 0.05) is 5.56 Å². The first-order valence-electron chi connectivity index (χ1n) is 7.18. The van der Waals surface area contributed by atoms with Crippen molar-refractivity contribution in [3.05, 3.63) is 66.5 Å². The van der Waals surface area contributed by atoms with Crippen LogP contribution < -0.4 is 5.73 Å². The van der Waals surface area contributed by atoms with Crippen LogP contribution >= 0.6 is 0 Å². The molecule has 0 fully saturated rings. The Hall–Kier alpha value is -3.21. The van der Waals surface area contributed by atoms with Gasteiger partial charge >= 0.3 is 0 Å². The van der Waals surface area contributed by atoms with E-state index in [2.05, 4.69) is 15.2 Å². The first-order chi connectivity index (χ1) is 11.2. The van der Waals surface area contributed by atoms with Crippen LogP contribution in [0.1, 0.15) is 0 Å². The van der Waals surface area contributed by atoms with Crippen LogP contribution in [-0.2, 0) is 0 Å². The first-order valence-corrected chi connectivity index (χ1v) is 7.18. The zero-order chi connectivity index (χ0) is 15.8. The Bertz CT molecular complexity index is 975. The molecule has 0 amide bonds. The van der Waals surface area contributed by atoms with Gasteiger partial charge in [-0.1, -0.05) is 42.5 Å². The number of aromatic amines is 1. The first kappa shape index (κ1) is 13.5. The summed E-state index contributed by atoms with van der Waals surface area (Å²) in [6.45, 7) is 0. The molecule has 0 spiro atoms. The molecular formula is C18H13FN4. The van der Waals surface area contributed by atoms with E-state index >= 15 is 0 Å². The highest BCUT2D eigenvalue weighted by Crippen LogP contribution is 2.34. The number of aromatic nitrogens is 3. The summed E-state index contributed by atoms with van der Waals surface area (Å²) < 4.78 is 13.2. The lowest BCUT2D eigenvalue weighted by Crippen LogP contribution is -1.91. The number of nitrogens with zero attached hydrogens (tertiary/aromatic N) is 2. The molecular weight excluding hydrogens is 291 g/mol. The topological polar surface area (TPSA) is 67.6 Å². The van der Waals surface area contributed by atoms with E-state index in [0.29, 0.717) is 11.5 Å². The minimum Gasteiger partial charge on any atom is -0.383 e. The summed E-state index contributed by atoms with van der Waals surface area (Å²) >= 11 is 0. The molecule has 4 nitrogen and oxygen atoms in total. The van der Waals surface area contributed by atoms with Crippen molar-refractivity contribution in [3.8, 4) is 22.4 Å². The molecule has 5 heteroatoms. The van der Waals surface area contributed by atoms with Crippen LogP contribution in [0, 0.1) is 5.82 Å².